The van der Waals surface area contributed by atoms with Crippen molar-refractivity contribution in [2.45, 2.75) is 52.0 Å². The second kappa shape index (κ2) is 9.75. The molecule has 7 heteroatoms. The van der Waals surface area contributed by atoms with Crippen molar-refractivity contribution in [3.63, 3.8) is 0 Å². The molecule has 0 unspecified atom stereocenters. The standard InChI is InChI=1S/C24H33FN6/c1-16(2)20-15-29-31-23(28-14-19-5-3-4-6-21(19)25)11-22(30-24(20)31)27-13-18-9-7-17(12-26)8-10-18/h3-6,11,15-18,28H,7-10,12-14,26H2,1-2H3,(H,27,30)/p+1. The van der Waals surface area contributed by atoms with Crippen molar-refractivity contribution in [1.29, 1.82) is 0 Å². The molecular formula is C24H34FN6+. The molecule has 1 aliphatic rings. The summed E-state index contributed by atoms with van der Waals surface area (Å²) in [6.45, 7) is 6.53. The average molecular weight is 426 g/mol. The van der Waals surface area contributed by atoms with E-state index in [0.29, 0.717) is 29.9 Å². The summed E-state index contributed by atoms with van der Waals surface area (Å²) in [7, 11) is 0. The van der Waals surface area contributed by atoms with Gasteiger partial charge in [0, 0.05) is 23.6 Å². The van der Waals surface area contributed by atoms with E-state index in [1.54, 1.807) is 12.1 Å². The largest absolute Gasteiger partial charge is 0.366 e. The van der Waals surface area contributed by atoms with Crippen LogP contribution in [0.1, 0.15) is 56.6 Å². The Hall–Kier alpha value is -2.51. The van der Waals surface area contributed by atoms with Crippen molar-refractivity contribution in [3.8, 4) is 0 Å². The van der Waals surface area contributed by atoms with E-state index in [2.05, 4.69) is 29.6 Å². The highest BCUT2D eigenvalue weighted by molar-refractivity contribution is 5.58. The Kier molecular flexibility index (Phi) is 6.83. The van der Waals surface area contributed by atoms with Gasteiger partial charge in [0.25, 0.3) is 0 Å². The van der Waals surface area contributed by atoms with E-state index in [9.17, 15) is 4.39 Å². The van der Waals surface area contributed by atoms with E-state index in [0.717, 1.165) is 35.9 Å². The molecule has 31 heavy (non-hydrogen) atoms. The van der Waals surface area contributed by atoms with Crippen LogP contribution in [0.4, 0.5) is 16.0 Å². The third-order valence-electron chi connectivity index (χ3n) is 6.52. The number of anilines is 1. The summed E-state index contributed by atoms with van der Waals surface area (Å²) in [6, 6.07) is 8.87. The molecule has 2 heterocycles. The first-order chi connectivity index (χ1) is 15.0. The van der Waals surface area contributed by atoms with Gasteiger partial charge in [0.1, 0.15) is 11.6 Å². The van der Waals surface area contributed by atoms with Crippen LogP contribution in [0.3, 0.4) is 0 Å². The minimum Gasteiger partial charge on any atom is -0.366 e. The van der Waals surface area contributed by atoms with E-state index in [1.165, 1.54) is 31.7 Å². The Morgan fingerprint density at radius 2 is 1.94 bits per heavy atom. The van der Waals surface area contributed by atoms with E-state index >= 15 is 0 Å². The summed E-state index contributed by atoms with van der Waals surface area (Å²) in [5.41, 5.74) is 8.45. The lowest BCUT2D eigenvalue weighted by atomic mass is 9.82. The molecule has 166 valence electrons. The van der Waals surface area contributed by atoms with E-state index in [1.807, 2.05) is 22.8 Å². The summed E-state index contributed by atoms with van der Waals surface area (Å²) < 4.78 is 15.9. The molecule has 0 spiro atoms. The number of aromatic nitrogens is 3. The lowest BCUT2D eigenvalue weighted by molar-refractivity contribution is -0.582. The van der Waals surface area contributed by atoms with Crippen LogP contribution in [0.5, 0.6) is 0 Å². The van der Waals surface area contributed by atoms with Crippen molar-refractivity contribution in [3.05, 3.63) is 53.5 Å². The molecular weight excluding hydrogens is 391 g/mol. The number of nitrogens with zero attached hydrogens (tertiary/aromatic N) is 3. The van der Waals surface area contributed by atoms with E-state index < -0.39 is 0 Å². The van der Waals surface area contributed by atoms with Gasteiger partial charge in [0.2, 0.25) is 5.82 Å². The third-order valence-corrected chi connectivity index (χ3v) is 6.52. The predicted molar refractivity (Wildman–Crippen MR) is 122 cm³/mol. The maximum absolute atomic E-state index is 14.1. The van der Waals surface area contributed by atoms with Gasteiger partial charge in [-0.15, -0.1) is 0 Å². The summed E-state index contributed by atoms with van der Waals surface area (Å²) in [4.78, 5) is 4.92. The molecule has 3 aromatic rings. The Bertz CT molecular complexity index is 1010. The molecule has 0 aliphatic heterocycles. The Morgan fingerprint density at radius 3 is 2.65 bits per heavy atom. The van der Waals surface area contributed by atoms with E-state index in [4.69, 9.17) is 10.7 Å². The molecule has 2 aromatic heterocycles. The molecule has 1 saturated carbocycles. The summed E-state index contributed by atoms with van der Waals surface area (Å²) >= 11 is 0. The Morgan fingerprint density at radius 1 is 1.19 bits per heavy atom. The topological polar surface area (TPSA) is 84.8 Å². The predicted octanol–water partition coefficient (Wildman–Crippen LogP) is 3.56. The van der Waals surface area contributed by atoms with Gasteiger partial charge in [0.15, 0.2) is 5.65 Å². The van der Waals surface area contributed by atoms with Crippen molar-refractivity contribution < 1.29 is 9.71 Å². The van der Waals surface area contributed by atoms with Crippen LogP contribution >= 0.6 is 0 Å². The number of quaternary nitrogens is 1. The normalized spacial score (nSPS) is 19.3. The highest BCUT2D eigenvalue weighted by Crippen LogP contribution is 2.27. The number of hydrogen-bond donors (Lipinski definition) is 3. The fourth-order valence-corrected chi connectivity index (χ4v) is 4.45. The molecule has 5 N–H and O–H groups in total. The van der Waals surface area contributed by atoms with Gasteiger partial charge < -0.3 is 11.1 Å². The van der Waals surface area contributed by atoms with Gasteiger partial charge in [-0.25, -0.2) is 4.39 Å². The van der Waals surface area contributed by atoms with Gasteiger partial charge in [0.05, 0.1) is 18.8 Å². The number of halogens is 1. The molecule has 4 rings (SSSR count). The lowest BCUT2D eigenvalue weighted by Gasteiger charge is -2.26. The molecule has 1 fully saturated rings. The molecule has 0 bridgehead atoms. The number of benzene rings is 1. The zero-order valence-electron chi connectivity index (χ0n) is 18.5. The first-order valence-electron chi connectivity index (χ1n) is 11.4. The van der Waals surface area contributed by atoms with Crippen LogP contribution in [0.15, 0.2) is 36.5 Å². The van der Waals surface area contributed by atoms with Crippen molar-refractivity contribution >= 4 is 17.3 Å². The zero-order chi connectivity index (χ0) is 21.8. The van der Waals surface area contributed by atoms with Crippen LogP contribution in [-0.2, 0) is 6.54 Å². The monoisotopic (exact) mass is 425 g/mol. The first kappa shape index (κ1) is 21.7. The van der Waals surface area contributed by atoms with Gasteiger partial charge in [-0.3, -0.25) is 5.32 Å². The highest BCUT2D eigenvalue weighted by atomic mass is 19.1. The van der Waals surface area contributed by atoms with Crippen LogP contribution in [-0.4, -0.2) is 27.7 Å². The number of nitrogens with two attached hydrogens (primary N) is 2. The fraction of sp³-hybridized carbons (Fsp3) is 0.500. The molecule has 0 atom stereocenters. The Labute approximate surface area is 183 Å². The quantitative estimate of drug-likeness (QED) is 0.515. The van der Waals surface area contributed by atoms with Gasteiger partial charge in [-0.05, 0) is 50.1 Å². The molecule has 1 aromatic carbocycles. The van der Waals surface area contributed by atoms with Crippen LogP contribution < -0.4 is 16.4 Å². The molecule has 0 radical (unpaired) electrons. The van der Waals surface area contributed by atoms with E-state index in [-0.39, 0.29) is 5.82 Å². The fourth-order valence-electron chi connectivity index (χ4n) is 4.45. The summed E-state index contributed by atoms with van der Waals surface area (Å²) in [5, 5.41) is 10.2. The minimum absolute atomic E-state index is 0.205. The second-order valence-corrected chi connectivity index (χ2v) is 9.06. The third kappa shape index (κ3) is 5.05. The number of hydrogen-bond acceptors (Lipinski definition) is 4. The molecule has 0 saturated heterocycles. The van der Waals surface area contributed by atoms with Crippen LogP contribution in [0.25, 0.3) is 5.65 Å². The molecule has 6 nitrogen and oxygen atoms in total. The maximum Gasteiger partial charge on any atom is 0.229 e. The van der Waals surface area contributed by atoms with Crippen LogP contribution in [0.2, 0.25) is 0 Å². The SMILES string of the molecule is CC(C)c1cnn2c(NCc3ccccc3F)cc([NH2+]CC3CCC(CN)CC3)nc12. The number of rotatable bonds is 8. The molecule has 0 amide bonds. The van der Waals surface area contributed by atoms with Crippen molar-refractivity contribution in [2.75, 3.05) is 18.4 Å². The van der Waals surface area contributed by atoms with Gasteiger partial charge in [-0.2, -0.15) is 14.6 Å². The maximum atomic E-state index is 14.1. The first-order valence-corrected chi connectivity index (χ1v) is 11.4. The van der Waals surface area contributed by atoms with Crippen molar-refractivity contribution in [2.24, 2.45) is 17.6 Å². The number of fused-ring (bicyclic) bond motifs is 1. The second-order valence-electron chi connectivity index (χ2n) is 9.06. The smallest absolute Gasteiger partial charge is 0.229 e. The molecule has 1 aliphatic carbocycles. The average Bonchev–Trinajstić information content (AvgIpc) is 3.22. The van der Waals surface area contributed by atoms with Gasteiger partial charge in [-0.1, -0.05) is 32.0 Å². The number of nitrogens with one attached hydrogen (secondary N) is 1. The summed E-state index contributed by atoms with van der Waals surface area (Å²) in [5.74, 6) is 3.30. The zero-order valence-corrected chi connectivity index (χ0v) is 18.5. The Balaban J connectivity index is 1.54. The lowest BCUT2D eigenvalue weighted by Crippen LogP contribution is -2.80. The van der Waals surface area contributed by atoms with Crippen LogP contribution in [0, 0.1) is 17.7 Å². The van der Waals surface area contributed by atoms with Crippen molar-refractivity contribution in [1.82, 2.24) is 14.6 Å². The summed E-state index contributed by atoms with van der Waals surface area (Å²) in [6.07, 6.45) is 6.83. The highest BCUT2D eigenvalue weighted by Gasteiger charge is 2.22. The van der Waals surface area contributed by atoms with Gasteiger partial charge >= 0.3 is 0 Å². The minimum atomic E-state index is -0.205.